The van der Waals surface area contributed by atoms with Gasteiger partial charge in [-0.05, 0) is 6.04 Å². The molecule has 0 spiro atoms. The second-order valence-corrected chi connectivity index (χ2v) is 1.01. The van der Waals surface area contributed by atoms with Gasteiger partial charge in [-0.2, -0.15) is 0 Å². The van der Waals surface area contributed by atoms with Crippen molar-refractivity contribution in [2.24, 2.45) is 11.5 Å². The van der Waals surface area contributed by atoms with Gasteiger partial charge in [0.1, 0.15) is 0 Å². The van der Waals surface area contributed by atoms with Gasteiger partial charge >= 0.3 is 0 Å². The van der Waals surface area contributed by atoms with Gasteiger partial charge in [-0.15, -0.1) is 0 Å². The first kappa shape index (κ1) is 10.2. The van der Waals surface area contributed by atoms with Crippen LogP contribution in [0.15, 0.2) is 0 Å². The second-order valence-electron chi connectivity index (χ2n) is 1.01. The Kier molecular flexibility index (Phi) is 6.22. The molecule has 4 N–H and O–H groups in total. The molecule has 0 aromatic rings. The van der Waals surface area contributed by atoms with Crippen molar-refractivity contribution in [3.8, 4) is 0 Å². The van der Waals surface area contributed by atoms with Gasteiger partial charge in [-0.3, -0.25) is 4.79 Å². The molecule has 42 valence electrons. The summed E-state index contributed by atoms with van der Waals surface area (Å²) >= 11 is 0. The molecule has 0 radical (unpaired) electrons. The average molecular weight is 271 g/mol. The molecular formula is C3H7N2OW-. The van der Waals surface area contributed by atoms with Crippen LogP contribution in [0, 0.1) is 6.92 Å². The first-order valence-corrected chi connectivity index (χ1v) is 1.52. The molecule has 1 atom stereocenters. The number of primary amides is 1. The molecule has 1 amide bonds. The van der Waals surface area contributed by atoms with Crippen molar-refractivity contribution >= 4 is 5.91 Å². The summed E-state index contributed by atoms with van der Waals surface area (Å²) in [5.41, 5.74) is 9.46. The van der Waals surface area contributed by atoms with E-state index in [2.05, 4.69) is 12.7 Å². The molecule has 0 aromatic carbocycles. The smallest absolute Gasteiger partial charge is 0.203 e. The van der Waals surface area contributed by atoms with E-state index in [1.54, 1.807) is 0 Å². The zero-order valence-electron chi connectivity index (χ0n) is 3.76. The molecule has 4 heteroatoms. The van der Waals surface area contributed by atoms with Gasteiger partial charge < -0.3 is 18.4 Å². The number of hydrogen-bond acceptors (Lipinski definition) is 2. The zero-order chi connectivity index (χ0) is 5.15. The summed E-state index contributed by atoms with van der Waals surface area (Å²) in [6.45, 7) is 3.14. The Balaban J connectivity index is 0. The van der Waals surface area contributed by atoms with E-state index in [-0.39, 0.29) is 21.1 Å². The van der Waals surface area contributed by atoms with Crippen LogP contribution >= 0.6 is 0 Å². The Morgan fingerprint density at radius 3 is 1.86 bits per heavy atom. The summed E-state index contributed by atoms with van der Waals surface area (Å²) in [4.78, 5) is 9.73. The molecular weight excluding hydrogens is 264 g/mol. The van der Waals surface area contributed by atoms with Crippen LogP contribution in [0.1, 0.15) is 0 Å². The number of carbonyl (C=O) groups is 1. The molecule has 0 saturated carbocycles. The van der Waals surface area contributed by atoms with Crippen LogP contribution in [-0.2, 0) is 25.9 Å². The summed E-state index contributed by atoms with van der Waals surface area (Å²) in [5, 5.41) is 0. The molecule has 0 fully saturated rings. The van der Waals surface area contributed by atoms with Crippen molar-refractivity contribution in [2.75, 3.05) is 0 Å². The average Bonchev–Trinajstić information content (AvgIpc) is 1.36. The van der Waals surface area contributed by atoms with Crippen LogP contribution < -0.4 is 11.5 Å². The number of rotatable bonds is 1. The van der Waals surface area contributed by atoms with Gasteiger partial charge in [-0.25, -0.2) is 0 Å². The van der Waals surface area contributed by atoms with E-state index in [4.69, 9.17) is 5.73 Å². The van der Waals surface area contributed by atoms with E-state index in [1.165, 1.54) is 0 Å². The minimum Gasteiger partial charge on any atom is -0.371 e. The fourth-order valence-electron chi connectivity index (χ4n) is 0. The van der Waals surface area contributed by atoms with Gasteiger partial charge in [0.15, 0.2) is 0 Å². The van der Waals surface area contributed by atoms with Gasteiger partial charge in [-0.1, -0.05) is 0 Å². The van der Waals surface area contributed by atoms with Crippen molar-refractivity contribution < 1.29 is 25.9 Å². The summed E-state index contributed by atoms with van der Waals surface area (Å²) in [7, 11) is 0. The molecule has 0 aliphatic heterocycles. The van der Waals surface area contributed by atoms with Crippen molar-refractivity contribution in [1.82, 2.24) is 0 Å². The third-order valence-corrected chi connectivity index (χ3v) is 0.365. The molecule has 0 aliphatic carbocycles. The molecule has 0 heterocycles. The van der Waals surface area contributed by atoms with Gasteiger partial charge in [0.05, 0.1) is 0 Å². The monoisotopic (exact) mass is 271 g/mol. The molecule has 0 saturated heterocycles. The molecule has 0 aliphatic rings. The van der Waals surface area contributed by atoms with E-state index >= 15 is 0 Å². The summed E-state index contributed by atoms with van der Waals surface area (Å²) in [5.74, 6) is -0.574. The Labute approximate surface area is 56.7 Å². The number of amides is 1. The largest absolute Gasteiger partial charge is 0.371 e. The predicted molar refractivity (Wildman–Crippen MR) is 22.5 cm³/mol. The third-order valence-electron chi connectivity index (χ3n) is 0.365. The number of nitrogens with two attached hydrogens (primary N) is 2. The minimum absolute atomic E-state index is 0. The molecule has 7 heavy (non-hydrogen) atoms. The van der Waals surface area contributed by atoms with Crippen LogP contribution in [0.2, 0.25) is 0 Å². The maximum atomic E-state index is 9.73. The Hall–Kier alpha value is 0.118. The molecule has 3 nitrogen and oxygen atoms in total. The van der Waals surface area contributed by atoms with Crippen LogP contribution in [-0.4, -0.2) is 11.9 Å². The van der Waals surface area contributed by atoms with Crippen molar-refractivity contribution in [3.63, 3.8) is 0 Å². The molecule has 1 unspecified atom stereocenters. The Morgan fingerprint density at radius 1 is 1.71 bits per heavy atom. The molecule has 0 rings (SSSR count). The molecule has 0 aromatic heterocycles. The van der Waals surface area contributed by atoms with E-state index in [0.29, 0.717) is 0 Å². The van der Waals surface area contributed by atoms with Crippen molar-refractivity contribution in [3.05, 3.63) is 6.92 Å². The van der Waals surface area contributed by atoms with E-state index in [1.807, 2.05) is 0 Å². The number of hydrogen-bond donors (Lipinski definition) is 2. The maximum absolute atomic E-state index is 9.73. The van der Waals surface area contributed by atoms with Crippen molar-refractivity contribution in [2.45, 2.75) is 6.04 Å². The van der Waals surface area contributed by atoms with Crippen LogP contribution in [0.5, 0.6) is 0 Å². The topological polar surface area (TPSA) is 69.1 Å². The Bertz CT molecular complexity index is 64.0. The fraction of sp³-hybridized carbons (Fsp3) is 0.333. The SMILES string of the molecule is [CH2-]C(N)C(N)=O.[W]. The summed E-state index contributed by atoms with van der Waals surface area (Å²) in [6.07, 6.45) is 0. The van der Waals surface area contributed by atoms with Crippen LogP contribution in [0.3, 0.4) is 0 Å². The predicted octanol–water partition coefficient (Wildman–Crippen LogP) is -1.37. The standard InChI is InChI=1S/C3H7N2O.W/c1-2(4)3(5)6;/h2H,1,4H2,(H2,5,6);/q-1;. The normalized spacial score (nSPS) is 11.7. The van der Waals surface area contributed by atoms with Crippen LogP contribution in [0.25, 0.3) is 0 Å². The van der Waals surface area contributed by atoms with Gasteiger partial charge in [0.2, 0.25) is 5.91 Å². The van der Waals surface area contributed by atoms with Gasteiger partial charge in [0, 0.05) is 21.1 Å². The summed E-state index contributed by atoms with van der Waals surface area (Å²) < 4.78 is 0. The first-order valence-electron chi connectivity index (χ1n) is 1.52. The third kappa shape index (κ3) is 6.12. The van der Waals surface area contributed by atoms with Crippen molar-refractivity contribution in [1.29, 1.82) is 0 Å². The quantitative estimate of drug-likeness (QED) is 0.578. The summed E-state index contributed by atoms with van der Waals surface area (Å²) in [6, 6.07) is -0.759. The van der Waals surface area contributed by atoms with E-state index in [0.717, 1.165) is 0 Å². The van der Waals surface area contributed by atoms with E-state index < -0.39 is 11.9 Å². The zero-order valence-corrected chi connectivity index (χ0v) is 6.69. The molecule has 0 bridgehead atoms. The van der Waals surface area contributed by atoms with Gasteiger partial charge in [0.25, 0.3) is 0 Å². The second kappa shape index (κ2) is 4.28. The number of carbonyl (C=O) groups excluding carboxylic acids is 1. The Morgan fingerprint density at radius 2 is 1.86 bits per heavy atom. The fourth-order valence-corrected chi connectivity index (χ4v) is 0. The first-order chi connectivity index (χ1) is 2.64. The van der Waals surface area contributed by atoms with Crippen LogP contribution in [0.4, 0.5) is 0 Å². The van der Waals surface area contributed by atoms with E-state index in [9.17, 15) is 4.79 Å². The minimum atomic E-state index is -0.759. The maximum Gasteiger partial charge on any atom is 0.203 e.